The lowest BCUT2D eigenvalue weighted by molar-refractivity contribution is 1.47. The van der Waals surface area contributed by atoms with Crippen LogP contribution >= 0.6 is 24.1 Å². The smallest absolute Gasteiger partial charge is 0.0257 e. The van der Waals surface area contributed by atoms with Gasteiger partial charge in [-0.1, -0.05) is 88.2 Å². The van der Waals surface area contributed by atoms with Gasteiger partial charge in [0.1, 0.15) is 0 Å². The summed E-state index contributed by atoms with van der Waals surface area (Å²) in [4.78, 5) is 0. The number of hydrogen-bond donors (Lipinski definition) is 0. The molecule has 0 aliphatic rings. The standard InChI is InChI=1S/C21H16BrP/c1-14-10-12-15(13-11-14)20-17-7-3-5-9-19(17)23-21(20)16-6-2-4-8-18(16)22/h2-13,23H,1H3. The largest absolute Gasteiger partial charge is 0.123 e. The van der Waals surface area contributed by atoms with Crippen LogP contribution < -0.4 is 0 Å². The fourth-order valence-electron chi connectivity index (χ4n) is 3.03. The molecule has 3 aromatic carbocycles. The van der Waals surface area contributed by atoms with E-state index in [1.165, 1.54) is 42.5 Å². The predicted molar refractivity (Wildman–Crippen MR) is 107 cm³/mol. The third-order valence-electron chi connectivity index (χ3n) is 4.19. The molecule has 1 atom stereocenters. The summed E-state index contributed by atoms with van der Waals surface area (Å²) >= 11 is 3.73. The van der Waals surface area contributed by atoms with Crippen LogP contribution in [0.5, 0.6) is 0 Å². The van der Waals surface area contributed by atoms with Crippen molar-refractivity contribution in [3.8, 4) is 22.0 Å². The zero-order valence-corrected chi connectivity index (χ0v) is 15.4. The highest BCUT2D eigenvalue weighted by Gasteiger charge is 2.15. The van der Waals surface area contributed by atoms with Crippen LogP contribution in [0, 0.1) is 6.92 Å². The molecule has 0 amide bonds. The van der Waals surface area contributed by atoms with Crippen molar-refractivity contribution in [1.29, 1.82) is 0 Å². The number of rotatable bonds is 2. The van der Waals surface area contributed by atoms with Crippen molar-refractivity contribution < 1.29 is 0 Å². The lowest BCUT2D eigenvalue weighted by Crippen LogP contribution is -1.82. The highest BCUT2D eigenvalue weighted by Crippen LogP contribution is 2.49. The normalized spacial score (nSPS) is 11.4. The summed E-state index contributed by atoms with van der Waals surface area (Å²) in [6.07, 6.45) is 0. The van der Waals surface area contributed by atoms with Crippen molar-refractivity contribution in [2.24, 2.45) is 0 Å². The van der Waals surface area contributed by atoms with E-state index < -0.39 is 0 Å². The molecule has 1 aromatic heterocycles. The zero-order valence-electron chi connectivity index (χ0n) is 12.8. The maximum atomic E-state index is 3.73. The Morgan fingerprint density at radius 3 is 2.26 bits per heavy atom. The average Bonchev–Trinajstić information content (AvgIpc) is 2.95. The van der Waals surface area contributed by atoms with Gasteiger partial charge in [0, 0.05) is 20.9 Å². The molecule has 0 saturated heterocycles. The van der Waals surface area contributed by atoms with Gasteiger partial charge in [-0.15, -0.1) is 8.19 Å². The molecule has 1 heterocycles. The molecule has 0 aliphatic heterocycles. The van der Waals surface area contributed by atoms with Gasteiger partial charge in [0.2, 0.25) is 0 Å². The van der Waals surface area contributed by atoms with Gasteiger partial charge >= 0.3 is 0 Å². The molecule has 0 saturated carbocycles. The minimum Gasteiger partial charge on any atom is -0.123 e. The third kappa shape index (κ3) is 2.65. The molecule has 0 aliphatic carbocycles. The third-order valence-corrected chi connectivity index (χ3v) is 6.36. The molecule has 4 rings (SSSR count). The monoisotopic (exact) mass is 378 g/mol. The molecule has 4 aromatic rings. The molecule has 0 radical (unpaired) electrons. The van der Waals surface area contributed by atoms with Crippen LogP contribution in [0.4, 0.5) is 0 Å². The minimum absolute atomic E-state index is 0.697. The van der Waals surface area contributed by atoms with Crippen LogP contribution in [0.3, 0.4) is 0 Å². The van der Waals surface area contributed by atoms with Crippen molar-refractivity contribution in [3.63, 3.8) is 0 Å². The van der Waals surface area contributed by atoms with Crippen molar-refractivity contribution >= 4 is 34.6 Å². The van der Waals surface area contributed by atoms with E-state index in [1.807, 2.05) is 0 Å². The number of halogens is 1. The lowest BCUT2D eigenvalue weighted by Gasteiger charge is -2.08. The van der Waals surface area contributed by atoms with E-state index in [0.29, 0.717) is 8.19 Å². The number of hydrogen-bond acceptors (Lipinski definition) is 0. The molecule has 0 fully saturated rings. The molecule has 0 N–H and O–H groups in total. The van der Waals surface area contributed by atoms with E-state index in [9.17, 15) is 0 Å². The topological polar surface area (TPSA) is 0 Å². The molecule has 0 bridgehead atoms. The van der Waals surface area contributed by atoms with Crippen LogP contribution in [0.15, 0.2) is 77.3 Å². The molecule has 0 spiro atoms. The van der Waals surface area contributed by atoms with E-state index in [0.717, 1.165) is 0 Å². The van der Waals surface area contributed by atoms with Gasteiger partial charge in [-0.25, -0.2) is 0 Å². The Kier molecular flexibility index (Phi) is 3.85. The first-order chi connectivity index (χ1) is 11.2. The first-order valence-electron chi connectivity index (χ1n) is 7.67. The summed E-state index contributed by atoms with van der Waals surface area (Å²) in [6, 6.07) is 26.2. The number of aryl methyl sites for hydroxylation is 1. The van der Waals surface area contributed by atoms with E-state index in [4.69, 9.17) is 0 Å². The second-order valence-corrected chi connectivity index (χ2v) is 7.91. The fourth-order valence-corrected chi connectivity index (χ4v) is 5.24. The predicted octanol–water partition coefficient (Wildman–Crippen LogP) is 7.28. The fraction of sp³-hybridized carbons (Fsp3) is 0.0476. The van der Waals surface area contributed by atoms with Gasteiger partial charge in [0.25, 0.3) is 0 Å². The van der Waals surface area contributed by atoms with Crippen LogP contribution in [0.2, 0.25) is 0 Å². The molecule has 0 nitrogen and oxygen atoms in total. The first kappa shape index (κ1) is 14.8. The summed E-state index contributed by atoms with van der Waals surface area (Å²) in [6.45, 7) is 2.14. The zero-order chi connectivity index (χ0) is 15.8. The van der Waals surface area contributed by atoms with Crippen molar-refractivity contribution in [2.75, 3.05) is 0 Å². The molecular formula is C21H16BrP. The van der Waals surface area contributed by atoms with Gasteiger partial charge in [-0.3, -0.25) is 0 Å². The second-order valence-electron chi connectivity index (χ2n) is 5.77. The van der Waals surface area contributed by atoms with Crippen LogP contribution in [0.25, 0.3) is 32.5 Å². The summed E-state index contributed by atoms with van der Waals surface area (Å²) < 4.78 is 1.17. The Hall–Kier alpha value is -1.82. The quantitative estimate of drug-likeness (QED) is 0.343. The van der Waals surface area contributed by atoms with Crippen molar-refractivity contribution in [3.05, 3.63) is 82.8 Å². The molecule has 23 heavy (non-hydrogen) atoms. The van der Waals surface area contributed by atoms with Gasteiger partial charge in [0.05, 0.1) is 0 Å². The average molecular weight is 379 g/mol. The first-order valence-corrected chi connectivity index (χ1v) is 9.46. The Balaban J connectivity index is 2.06. The highest BCUT2D eigenvalue weighted by atomic mass is 79.9. The minimum atomic E-state index is 0.697. The van der Waals surface area contributed by atoms with E-state index in [1.54, 1.807) is 0 Å². The van der Waals surface area contributed by atoms with E-state index >= 15 is 0 Å². The molecular weight excluding hydrogens is 363 g/mol. The number of fused-ring (bicyclic) bond motifs is 1. The second kappa shape index (κ2) is 6.00. The Morgan fingerprint density at radius 2 is 1.48 bits per heavy atom. The number of benzene rings is 3. The Morgan fingerprint density at radius 1 is 0.783 bits per heavy atom. The van der Waals surface area contributed by atoms with Gasteiger partial charge in [0.15, 0.2) is 0 Å². The van der Waals surface area contributed by atoms with E-state index in [2.05, 4.69) is 95.7 Å². The lowest BCUT2D eigenvalue weighted by atomic mass is 9.98. The van der Waals surface area contributed by atoms with Gasteiger partial charge in [-0.2, -0.15) is 0 Å². The molecule has 1 unspecified atom stereocenters. The van der Waals surface area contributed by atoms with Crippen LogP contribution in [-0.2, 0) is 0 Å². The van der Waals surface area contributed by atoms with Crippen molar-refractivity contribution in [1.82, 2.24) is 0 Å². The van der Waals surface area contributed by atoms with Crippen LogP contribution in [0.1, 0.15) is 5.56 Å². The van der Waals surface area contributed by atoms with Crippen molar-refractivity contribution in [2.45, 2.75) is 6.92 Å². The van der Waals surface area contributed by atoms with Gasteiger partial charge in [-0.05, 0) is 29.1 Å². The summed E-state index contributed by atoms with van der Waals surface area (Å²) in [5, 5.41) is 4.25. The highest BCUT2D eigenvalue weighted by molar-refractivity contribution is 9.10. The van der Waals surface area contributed by atoms with Gasteiger partial charge < -0.3 is 0 Å². The Bertz CT molecular complexity index is 980. The maximum Gasteiger partial charge on any atom is 0.0257 e. The maximum absolute atomic E-state index is 3.73. The summed E-state index contributed by atoms with van der Waals surface area (Å²) in [5.74, 6) is 0. The Labute approximate surface area is 146 Å². The molecule has 2 heteroatoms. The summed E-state index contributed by atoms with van der Waals surface area (Å²) in [5.41, 5.74) is 5.28. The molecule has 112 valence electrons. The van der Waals surface area contributed by atoms with E-state index in [-0.39, 0.29) is 0 Å². The van der Waals surface area contributed by atoms with Crippen LogP contribution in [-0.4, -0.2) is 0 Å². The SMILES string of the molecule is Cc1ccc(-c2c(-c3ccccc3Br)[pH]c3ccccc23)cc1. The summed E-state index contributed by atoms with van der Waals surface area (Å²) in [7, 11) is 0.697.